The van der Waals surface area contributed by atoms with Gasteiger partial charge in [0.25, 0.3) is 0 Å². The molecular weight excluding hydrogens is 236 g/mol. The number of benzene rings is 1. The molecule has 0 fully saturated rings. The second-order valence-electron chi connectivity index (χ2n) is 4.70. The largest absolute Gasteiger partial charge is 0.379 e. The Morgan fingerprint density at radius 1 is 1.28 bits per heavy atom. The molecule has 1 aromatic rings. The molecule has 102 valence electrons. The second kappa shape index (κ2) is 7.44. The lowest BCUT2D eigenvalue weighted by molar-refractivity contribution is 0.0902. The summed E-state index contributed by atoms with van der Waals surface area (Å²) in [5.74, 6) is -0.519. The number of nitrogens with two attached hydrogens (primary N) is 1. The maximum Gasteiger partial charge on any atom is 0.128 e. The van der Waals surface area contributed by atoms with Gasteiger partial charge in [-0.05, 0) is 30.5 Å². The Hall–Kier alpha value is -1.00. The fourth-order valence-electron chi connectivity index (χ4n) is 1.86. The molecule has 0 bridgehead atoms. The van der Waals surface area contributed by atoms with Gasteiger partial charge >= 0.3 is 0 Å². The Kier molecular flexibility index (Phi) is 6.22. The van der Waals surface area contributed by atoms with E-state index >= 15 is 0 Å². The predicted octanol–water partition coefficient (Wildman–Crippen LogP) is 3.42. The van der Waals surface area contributed by atoms with Gasteiger partial charge in [-0.2, -0.15) is 0 Å². The molecule has 2 atom stereocenters. The van der Waals surface area contributed by atoms with Crippen molar-refractivity contribution >= 4 is 0 Å². The zero-order chi connectivity index (χ0) is 13.5. The van der Waals surface area contributed by atoms with Crippen LogP contribution in [-0.4, -0.2) is 13.2 Å². The third kappa shape index (κ3) is 4.70. The van der Waals surface area contributed by atoms with Crippen molar-refractivity contribution in [2.75, 3.05) is 13.2 Å². The van der Waals surface area contributed by atoms with Crippen LogP contribution in [0.3, 0.4) is 0 Å². The lowest BCUT2D eigenvalue weighted by Crippen LogP contribution is -2.20. The summed E-state index contributed by atoms with van der Waals surface area (Å²) in [4.78, 5) is 0. The number of hydrogen-bond acceptors (Lipinski definition) is 2. The van der Waals surface area contributed by atoms with E-state index in [0.29, 0.717) is 12.5 Å². The third-order valence-electron chi connectivity index (χ3n) is 2.84. The molecule has 4 heteroatoms. The van der Waals surface area contributed by atoms with Crippen molar-refractivity contribution < 1.29 is 13.5 Å². The first-order valence-corrected chi connectivity index (χ1v) is 6.32. The molecule has 0 spiro atoms. The fourth-order valence-corrected chi connectivity index (χ4v) is 1.86. The van der Waals surface area contributed by atoms with E-state index in [0.717, 1.165) is 31.0 Å². The van der Waals surface area contributed by atoms with Crippen molar-refractivity contribution in [3.8, 4) is 0 Å². The summed E-state index contributed by atoms with van der Waals surface area (Å²) in [5.41, 5.74) is 5.96. The molecule has 0 saturated heterocycles. The van der Waals surface area contributed by atoms with Crippen LogP contribution in [0.1, 0.15) is 38.3 Å². The van der Waals surface area contributed by atoms with Gasteiger partial charge in [-0.15, -0.1) is 0 Å². The van der Waals surface area contributed by atoms with Gasteiger partial charge < -0.3 is 10.5 Å². The fraction of sp³-hybridized carbons (Fsp3) is 0.571. The number of ether oxygens (including phenoxy) is 1. The van der Waals surface area contributed by atoms with Crippen molar-refractivity contribution in [3.05, 3.63) is 35.4 Å². The highest BCUT2D eigenvalue weighted by atomic mass is 19.1. The Morgan fingerprint density at radius 2 is 2.00 bits per heavy atom. The van der Waals surface area contributed by atoms with Crippen LogP contribution < -0.4 is 5.73 Å². The SMILES string of the molecule is CCCC(C)COCC(N)c1cc(F)ccc1F. The summed E-state index contributed by atoms with van der Waals surface area (Å²) >= 11 is 0. The van der Waals surface area contributed by atoms with Crippen LogP contribution >= 0.6 is 0 Å². The monoisotopic (exact) mass is 257 g/mol. The molecule has 0 aromatic heterocycles. The number of hydrogen-bond donors (Lipinski definition) is 1. The van der Waals surface area contributed by atoms with Crippen LogP contribution in [-0.2, 0) is 4.74 Å². The van der Waals surface area contributed by atoms with E-state index < -0.39 is 17.7 Å². The Labute approximate surface area is 107 Å². The highest BCUT2D eigenvalue weighted by Gasteiger charge is 2.13. The lowest BCUT2D eigenvalue weighted by Gasteiger charge is -2.16. The summed E-state index contributed by atoms with van der Waals surface area (Å²) in [7, 11) is 0. The standard InChI is InChI=1S/C14H21F2NO/c1-3-4-10(2)8-18-9-14(17)12-7-11(15)5-6-13(12)16/h5-7,10,14H,3-4,8-9,17H2,1-2H3. The number of halogens is 2. The smallest absolute Gasteiger partial charge is 0.128 e. The molecule has 0 aliphatic carbocycles. The van der Waals surface area contributed by atoms with Crippen LogP contribution in [0.15, 0.2) is 18.2 Å². The minimum atomic E-state index is -0.630. The third-order valence-corrected chi connectivity index (χ3v) is 2.84. The molecular formula is C14H21F2NO. The van der Waals surface area contributed by atoms with Crippen molar-refractivity contribution in [1.82, 2.24) is 0 Å². The van der Waals surface area contributed by atoms with Gasteiger partial charge in [-0.1, -0.05) is 20.3 Å². The van der Waals surface area contributed by atoms with E-state index in [9.17, 15) is 8.78 Å². The first-order chi connectivity index (χ1) is 8.54. The van der Waals surface area contributed by atoms with Crippen LogP contribution in [0.4, 0.5) is 8.78 Å². The Balaban J connectivity index is 2.45. The molecule has 0 aliphatic rings. The van der Waals surface area contributed by atoms with Gasteiger partial charge in [0.15, 0.2) is 0 Å². The molecule has 2 nitrogen and oxygen atoms in total. The quantitative estimate of drug-likeness (QED) is 0.812. The summed E-state index contributed by atoms with van der Waals surface area (Å²) in [6.45, 7) is 5.01. The molecule has 0 saturated carbocycles. The van der Waals surface area contributed by atoms with Crippen molar-refractivity contribution in [2.45, 2.75) is 32.7 Å². The van der Waals surface area contributed by atoms with E-state index in [2.05, 4.69) is 13.8 Å². The van der Waals surface area contributed by atoms with E-state index in [-0.39, 0.29) is 12.2 Å². The van der Waals surface area contributed by atoms with Crippen LogP contribution in [0.5, 0.6) is 0 Å². The normalized spacial score (nSPS) is 14.5. The van der Waals surface area contributed by atoms with Gasteiger partial charge in [0.05, 0.1) is 12.6 Å². The minimum Gasteiger partial charge on any atom is -0.379 e. The molecule has 2 N–H and O–H groups in total. The lowest BCUT2D eigenvalue weighted by atomic mass is 10.1. The maximum absolute atomic E-state index is 13.4. The topological polar surface area (TPSA) is 35.2 Å². The average Bonchev–Trinajstić information content (AvgIpc) is 2.32. The first kappa shape index (κ1) is 15.1. The average molecular weight is 257 g/mol. The zero-order valence-electron chi connectivity index (χ0n) is 11.0. The molecule has 0 amide bonds. The molecule has 0 radical (unpaired) electrons. The van der Waals surface area contributed by atoms with Gasteiger partial charge in [0.1, 0.15) is 11.6 Å². The highest BCUT2D eigenvalue weighted by Crippen LogP contribution is 2.17. The summed E-state index contributed by atoms with van der Waals surface area (Å²) in [5, 5.41) is 0. The highest BCUT2D eigenvalue weighted by molar-refractivity contribution is 5.22. The minimum absolute atomic E-state index is 0.165. The van der Waals surface area contributed by atoms with Gasteiger partial charge in [-0.3, -0.25) is 0 Å². The van der Waals surface area contributed by atoms with Crippen LogP contribution in [0, 0.1) is 17.6 Å². The van der Waals surface area contributed by atoms with Gasteiger partial charge in [0.2, 0.25) is 0 Å². The van der Waals surface area contributed by atoms with Crippen LogP contribution in [0.25, 0.3) is 0 Å². The summed E-state index contributed by atoms with van der Waals surface area (Å²) in [6.07, 6.45) is 2.19. The second-order valence-corrected chi connectivity index (χ2v) is 4.70. The van der Waals surface area contributed by atoms with E-state index in [1.54, 1.807) is 0 Å². The van der Waals surface area contributed by atoms with Crippen molar-refractivity contribution in [1.29, 1.82) is 0 Å². The Morgan fingerprint density at radius 3 is 2.67 bits per heavy atom. The molecule has 1 rings (SSSR count). The zero-order valence-corrected chi connectivity index (χ0v) is 11.0. The molecule has 0 heterocycles. The van der Waals surface area contributed by atoms with Gasteiger partial charge in [0, 0.05) is 12.2 Å². The van der Waals surface area contributed by atoms with Crippen molar-refractivity contribution in [2.24, 2.45) is 11.7 Å². The molecule has 1 aromatic carbocycles. The van der Waals surface area contributed by atoms with E-state index in [1.807, 2.05) is 0 Å². The number of rotatable bonds is 7. The molecule has 0 aliphatic heterocycles. The van der Waals surface area contributed by atoms with Crippen LogP contribution in [0.2, 0.25) is 0 Å². The first-order valence-electron chi connectivity index (χ1n) is 6.32. The molecule has 18 heavy (non-hydrogen) atoms. The molecule has 2 unspecified atom stereocenters. The van der Waals surface area contributed by atoms with Gasteiger partial charge in [-0.25, -0.2) is 8.78 Å². The maximum atomic E-state index is 13.4. The van der Waals surface area contributed by atoms with E-state index in [4.69, 9.17) is 10.5 Å². The predicted molar refractivity (Wildman–Crippen MR) is 68.2 cm³/mol. The summed E-state index contributed by atoms with van der Waals surface area (Å²) < 4.78 is 31.9. The Bertz CT molecular complexity index is 371. The summed E-state index contributed by atoms with van der Waals surface area (Å²) in [6, 6.07) is 2.66. The van der Waals surface area contributed by atoms with E-state index in [1.165, 1.54) is 0 Å². The van der Waals surface area contributed by atoms with Crippen molar-refractivity contribution in [3.63, 3.8) is 0 Å².